The molecule has 0 N–H and O–H groups in total. The van der Waals surface area contributed by atoms with E-state index in [1.54, 1.807) is 0 Å². The Morgan fingerprint density at radius 1 is 0.323 bits per heavy atom. The molecule has 0 spiro atoms. The summed E-state index contributed by atoms with van der Waals surface area (Å²) in [6.07, 6.45) is 0. The Morgan fingerprint density at radius 3 is 1.63 bits per heavy atom. The van der Waals surface area contributed by atoms with Crippen LogP contribution in [0.1, 0.15) is 25.0 Å². The van der Waals surface area contributed by atoms with Gasteiger partial charge in [0.1, 0.15) is 0 Å². The zero-order chi connectivity index (χ0) is 43.5. The Labute approximate surface area is 380 Å². The van der Waals surface area contributed by atoms with Crippen LogP contribution < -0.4 is 9.80 Å². The van der Waals surface area contributed by atoms with Gasteiger partial charge >= 0.3 is 0 Å². The fraction of sp³-hybridized carbons (Fsp3) is 0.0476. The average molecular weight is 831 g/mol. The van der Waals surface area contributed by atoms with Gasteiger partial charge in [0.05, 0.1) is 17.1 Å². The summed E-state index contributed by atoms with van der Waals surface area (Å²) in [5.74, 6) is 0. The molecule has 0 bridgehead atoms. The van der Waals surface area contributed by atoms with Gasteiger partial charge in [0.2, 0.25) is 0 Å². The molecule has 0 unspecified atom stereocenters. The van der Waals surface area contributed by atoms with Crippen molar-refractivity contribution in [2.45, 2.75) is 19.3 Å². The first kappa shape index (κ1) is 38.5. The number of fused-ring (bicyclic) bond motifs is 5. The third-order valence-corrected chi connectivity index (χ3v) is 13.6. The predicted molar refractivity (Wildman–Crippen MR) is 277 cm³/mol. The zero-order valence-corrected chi connectivity index (χ0v) is 36.5. The van der Waals surface area contributed by atoms with Crippen LogP contribution in [0.25, 0.3) is 65.7 Å². The molecule has 0 radical (unpaired) electrons. The molecule has 0 saturated heterocycles. The number of hydrogen-bond donors (Lipinski definition) is 0. The minimum atomic E-state index is -0.312. The summed E-state index contributed by atoms with van der Waals surface area (Å²) >= 11 is 0. The molecule has 2 heteroatoms. The van der Waals surface area contributed by atoms with E-state index in [2.05, 4.69) is 266 Å². The van der Waals surface area contributed by atoms with E-state index in [-0.39, 0.29) is 5.41 Å². The van der Waals surface area contributed by atoms with Gasteiger partial charge in [-0.25, -0.2) is 0 Å². The minimum absolute atomic E-state index is 0.312. The molecule has 1 heterocycles. The van der Waals surface area contributed by atoms with Gasteiger partial charge < -0.3 is 9.80 Å². The molecule has 0 aromatic heterocycles. The summed E-state index contributed by atoms with van der Waals surface area (Å²) in [6.45, 7) is 4.77. The Bertz CT molecular complexity index is 3560. The third kappa shape index (κ3) is 6.57. The van der Waals surface area contributed by atoms with Crippen LogP contribution in [0.3, 0.4) is 0 Å². The van der Waals surface area contributed by atoms with E-state index < -0.39 is 0 Å². The standard InChI is InChI=1S/C63H46N2/c1-63(2)58-25-12-13-26-60(58)65(62-56-23-11-9-19-47(56)33-39-57(62)50-28-27-44-17-6-7-20-49(44)41-50)61-40-38-53(42-59(61)63)64(51-34-29-45(30-35-51)43-15-4-3-5-16-43)52-36-31-48(32-37-52)55-24-14-21-46-18-8-10-22-54(46)55/h3-42H,1-2H3. The van der Waals surface area contributed by atoms with E-state index in [4.69, 9.17) is 0 Å². The summed E-state index contributed by atoms with van der Waals surface area (Å²) < 4.78 is 0. The molecule has 308 valence electrons. The number of nitrogens with zero attached hydrogens (tertiary/aromatic N) is 2. The second-order valence-corrected chi connectivity index (χ2v) is 17.7. The minimum Gasteiger partial charge on any atom is -0.310 e. The Morgan fingerprint density at radius 2 is 0.862 bits per heavy atom. The van der Waals surface area contributed by atoms with E-state index in [0.29, 0.717) is 0 Å². The fourth-order valence-corrected chi connectivity index (χ4v) is 10.3. The lowest BCUT2D eigenvalue weighted by molar-refractivity contribution is 0.632. The van der Waals surface area contributed by atoms with Gasteiger partial charge in [-0.2, -0.15) is 0 Å². The van der Waals surface area contributed by atoms with Gasteiger partial charge in [0, 0.05) is 33.4 Å². The van der Waals surface area contributed by atoms with Crippen molar-refractivity contribution in [1.82, 2.24) is 0 Å². The SMILES string of the molecule is CC1(C)c2ccccc2N(c2c(-c3ccc4ccccc4c3)ccc3ccccc23)c2ccc(N(c3ccc(-c4ccccc4)cc3)c3ccc(-c4cccc5ccccc45)cc3)cc21. The van der Waals surface area contributed by atoms with Crippen molar-refractivity contribution in [2.75, 3.05) is 9.80 Å². The summed E-state index contributed by atoms with van der Waals surface area (Å²) in [7, 11) is 0. The van der Waals surface area contributed by atoms with Crippen LogP contribution in [0.15, 0.2) is 243 Å². The normalized spacial score (nSPS) is 12.9. The van der Waals surface area contributed by atoms with E-state index >= 15 is 0 Å². The molecule has 0 amide bonds. The Hall–Kier alpha value is -8.20. The van der Waals surface area contributed by atoms with Gasteiger partial charge in [-0.15, -0.1) is 0 Å². The number of para-hydroxylation sites is 1. The van der Waals surface area contributed by atoms with Crippen LogP contribution in [-0.4, -0.2) is 0 Å². The first-order chi connectivity index (χ1) is 32.0. The molecule has 0 atom stereocenters. The fourth-order valence-electron chi connectivity index (χ4n) is 10.3. The maximum Gasteiger partial charge on any atom is 0.0618 e. The molecule has 2 nitrogen and oxygen atoms in total. The van der Waals surface area contributed by atoms with Crippen LogP contribution in [0.2, 0.25) is 0 Å². The summed E-state index contributed by atoms with van der Waals surface area (Å²) in [6, 6.07) is 89.1. The highest BCUT2D eigenvalue weighted by molar-refractivity contribution is 6.08. The number of benzene rings is 11. The Balaban J connectivity index is 1.05. The maximum atomic E-state index is 2.55. The van der Waals surface area contributed by atoms with Gasteiger partial charge in [-0.05, 0) is 120 Å². The van der Waals surface area contributed by atoms with Gasteiger partial charge in [0.15, 0.2) is 0 Å². The van der Waals surface area contributed by atoms with Crippen LogP contribution in [0.4, 0.5) is 34.1 Å². The lowest BCUT2D eigenvalue weighted by Gasteiger charge is -2.43. The number of anilines is 6. The van der Waals surface area contributed by atoms with Crippen molar-refractivity contribution in [2.24, 2.45) is 0 Å². The summed E-state index contributed by atoms with van der Waals surface area (Å²) in [5.41, 5.74) is 16.3. The highest BCUT2D eigenvalue weighted by atomic mass is 15.2. The van der Waals surface area contributed by atoms with Gasteiger partial charge in [-0.1, -0.05) is 202 Å². The van der Waals surface area contributed by atoms with Crippen LogP contribution in [-0.2, 0) is 5.41 Å². The highest BCUT2D eigenvalue weighted by Crippen LogP contribution is 2.56. The highest BCUT2D eigenvalue weighted by Gasteiger charge is 2.38. The third-order valence-electron chi connectivity index (χ3n) is 13.6. The molecule has 0 aliphatic carbocycles. The van der Waals surface area contributed by atoms with Gasteiger partial charge in [0.25, 0.3) is 0 Å². The predicted octanol–water partition coefficient (Wildman–Crippen LogP) is 17.7. The zero-order valence-electron chi connectivity index (χ0n) is 36.5. The topological polar surface area (TPSA) is 6.48 Å². The molecule has 1 aliphatic heterocycles. The Kier molecular flexibility index (Phi) is 9.21. The van der Waals surface area contributed by atoms with E-state index in [1.165, 1.54) is 93.9 Å². The smallest absolute Gasteiger partial charge is 0.0618 e. The average Bonchev–Trinajstić information content (AvgIpc) is 3.37. The summed E-state index contributed by atoms with van der Waals surface area (Å²) in [4.78, 5) is 4.96. The number of hydrogen-bond acceptors (Lipinski definition) is 2. The maximum absolute atomic E-state index is 2.55. The molecule has 0 saturated carbocycles. The second-order valence-electron chi connectivity index (χ2n) is 17.7. The lowest BCUT2D eigenvalue weighted by Crippen LogP contribution is -2.31. The largest absolute Gasteiger partial charge is 0.310 e. The van der Waals surface area contributed by atoms with Crippen LogP contribution >= 0.6 is 0 Å². The molecule has 11 aromatic carbocycles. The van der Waals surface area contributed by atoms with Crippen LogP contribution in [0, 0.1) is 0 Å². The quantitative estimate of drug-likeness (QED) is 0.158. The summed E-state index contributed by atoms with van der Waals surface area (Å²) in [5, 5.41) is 7.40. The lowest BCUT2D eigenvalue weighted by atomic mass is 9.73. The van der Waals surface area contributed by atoms with Crippen molar-refractivity contribution in [1.29, 1.82) is 0 Å². The second kappa shape index (κ2) is 15.6. The number of rotatable bonds is 7. The molecule has 65 heavy (non-hydrogen) atoms. The van der Waals surface area contributed by atoms with Gasteiger partial charge in [-0.3, -0.25) is 0 Å². The van der Waals surface area contributed by atoms with Crippen molar-refractivity contribution < 1.29 is 0 Å². The first-order valence-electron chi connectivity index (χ1n) is 22.6. The monoisotopic (exact) mass is 830 g/mol. The van der Waals surface area contributed by atoms with Crippen molar-refractivity contribution in [3.63, 3.8) is 0 Å². The van der Waals surface area contributed by atoms with Crippen LogP contribution in [0.5, 0.6) is 0 Å². The molecular formula is C63H46N2. The molecule has 1 aliphatic rings. The molecule has 11 aromatic rings. The molecule has 12 rings (SSSR count). The van der Waals surface area contributed by atoms with E-state index in [9.17, 15) is 0 Å². The molecular weight excluding hydrogens is 785 g/mol. The first-order valence-corrected chi connectivity index (χ1v) is 22.6. The van der Waals surface area contributed by atoms with E-state index in [0.717, 1.165) is 17.1 Å². The molecule has 0 fully saturated rings. The van der Waals surface area contributed by atoms with E-state index in [1.807, 2.05) is 0 Å². The van der Waals surface area contributed by atoms with Crippen molar-refractivity contribution >= 4 is 66.4 Å². The van der Waals surface area contributed by atoms with Crippen molar-refractivity contribution in [3.8, 4) is 33.4 Å². The van der Waals surface area contributed by atoms with Crippen molar-refractivity contribution in [3.05, 3.63) is 254 Å².